The number of anilines is 2. The van der Waals surface area contributed by atoms with Crippen molar-refractivity contribution < 1.29 is 13.6 Å². The van der Waals surface area contributed by atoms with E-state index in [1.807, 2.05) is 0 Å². The summed E-state index contributed by atoms with van der Waals surface area (Å²) < 4.78 is 27.1. The van der Waals surface area contributed by atoms with Gasteiger partial charge in [0, 0.05) is 46.2 Å². The highest BCUT2D eigenvalue weighted by atomic mass is 19.1. The number of nitrogens with one attached hydrogen (secondary N) is 1. The largest absolute Gasteiger partial charge is 0.371 e. The summed E-state index contributed by atoms with van der Waals surface area (Å²) in [5.74, 6) is -1.26. The van der Waals surface area contributed by atoms with Crippen LogP contribution in [0.15, 0.2) is 6.07 Å². The first kappa shape index (κ1) is 13.5. The number of hydrogen-bond acceptors (Lipinski definition) is 4. The minimum atomic E-state index is -0.717. The highest BCUT2D eigenvalue weighted by Gasteiger charge is 2.23. The number of nitrogens with zero attached hydrogens (tertiary/aromatic N) is 3. The van der Waals surface area contributed by atoms with E-state index in [1.54, 1.807) is 9.80 Å². The maximum Gasteiger partial charge on any atom is 0.219 e. The van der Waals surface area contributed by atoms with Crippen molar-refractivity contribution in [2.45, 2.75) is 6.92 Å². The van der Waals surface area contributed by atoms with E-state index in [0.29, 0.717) is 26.2 Å². The standard InChI is InChI=1S/C12H16F2N4O/c1-8(19)17-3-5-18(6-4-17)12-10(14)7-9(13)11(15-2)16-12/h7H,3-6H2,1-2H3,(H,15,16). The van der Waals surface area contributed by atoms with Gasteiger partial charge in [0.05, 0.1) is 0 Å². The number of amides is 1. The lowest BCUT2D eigenvalue weighted by molar-refractivity contribution is -0.129. The second kappa shape index (κ2) is 5.38. The van der Waals surface area contributed by atoms with Crippen molar-refractivity contribution in [3.8, 4) is 0 Å². The lowest BCUT2D eigenvalue weighted by atomic mass is 10.3. The van der Waals surface area contributed by atoms with Gasteiger partial charge in [-0.25, -0.2) is 13.8 Å². The molecule has 1 saturated heterocycles. The third kappa shape index (κ3) is 2.74. The molecular formula is C12H16F2N4O. The molecule has 2 rings (SSSR count). The molecule has 0 bridgehead atoms. The van der Waals surface area contributed by atoms with Crippen LogP contribution in [0.5, 0.6) is 0 Å². The molecule has 0 aliphatic carbocycles. The van der Waals surface area contributed by atoms with Gasteiger partial charge in [-0.3, -0.25) is 4.79 Å². The number of aromatic nitrogens is 1. The van der Waals surface area contributed by atoms with Gasteiger partial charge in [-0.05, 0) is 0 Å². The van der Waals surface area contributed by atoms with Crippen LogP contribution in [0, 0.1) is 11.6 Å². The van der Waals surface area contributed by atoms with Crippen molar-refractivity contribution in [2.24, 2.45) is 0 Å². The summed E-state index contributed by atoms with van der Waals surface area (Å²) in [7, 11) is 1.53. The van der Waals surface area contributed by atoms with Crippen LogP contribution in [-0.4, -0.2) is 49.0 Å². The summed E-state index contributed by atoms with van der Waals surface area (Å²) in [6.07, 6.45) is 0. The van der Waals surface area contributed by atoms with E-state index in [-0.39, 0.29) is 17.5 Å². The molecule has 2 heterocycles. The molecule has 1 N–H and O–H groups in total. The fourth-order valence-electron chi connectivity index (χ4n) is 2.09. The van der Waals surface area contributed by atoms with E-state index in [0.717, 1.165) is 6.07 Å². The van der Waals surface area contributed by atoms with Gasteiger partial charge < -0.3 is 15.1 Å². The topological polar surface area (TPSA) is 48.5 Å². The number of piperazine rings is 1. The Kier molecular flexibility index (Phi) is 3.82. The number of halogens is 2. The molecule has 19 heavy (non-hydrogen) atoms. The van der Waals surface area contributed by atoms with Crippen LogP contribution in [0.4, 0.5) is 20.4 Å². The summed E-state index contributed by atoms with van der Waals surface area (Å²) in [5, 5.41) is 2.58. The lowest BCUT2D eigenvalue weighted by Gasteiger charge is -2.35. The highest BCUT2D eigenvalue weighted by Crippen LogP contribution is 2.23. The molecule has 0 aromatic carbocycles. The van der Waals surface area contributed by atoms with E-state index < -0.39 is 11.6 Å². The third-order valence-electron chi connectivity index (χ3n) is 3.17. The molecule has 1 amide bonds. The normalized spacial score (nSPS) is 15.6. The van der Waals surface area contributed by atoms with E-state index in [2.05, 4.69) is 10.3 Å². The fourth-order valence-corrected chi connectivity index (χ4v) is 2.09. The molecule has 0 spiro atoms. The molecule has 7 heteroatoms. The van der Waals surface area contributed by atoms with Crippen molar-refractivity contribution in [3.63, 3.8) is 0 Å². The molecule has 5 nitrogen and oxygen atoms in total. The molecule has 1 aliphatic rings. The molecule has 0 atom stereocenters. The molecule has 1 fully saturated rings. The van der Waals surface area contributed by atoms with Gasteiger partial charge in [-0.15, -0.1) is 0 Å². The number of carbonyl (C=O) groups is 1. The highest BCUT2D eigenvalue weighted by molar-refractivity contribution is 5.73. The Balaban J connectivity index is 2.17. The number of carbonyl (C=O) groups excluding carboxylic acids is 1. The number of rotatable bonds is 2. The second-order valence-corrected chi connectivity index (χ2v) is 4.37. The summed E-state index contributed by atoms with van der Waals surface area (Å²) in [6.45, 7) is 3.51. The molecule has 0 unspecified atom stereocenters. The molecule has 1 aliphatic heterocycles. The summed E-state index contributed by atoms with van der Waals surface area (Å²) in [5.41, 5.74) is 0. The van der Waals surface area contributed by atoms with Crippen LogP contribution < -0.4 is 10.2 Å². The zero-order chi connectivity index (χ0) is 14.0. The van der Waals surface area contributed by atoms with Crippen LogP contribution in [0.2, 0.25) is 0 Å². The Bertz CT molecular complexity index is 487. The van der Waals surface area contributed by atoms with Gasteiger partial charge in [-0.1, -0.05) is 0 Å². The lowest BCUT2D eigenvalue weighted by Crippen LogP contribution is -2.48. The molecular weight excluding hydrogens is 254 g/mol. The van der Waals surface area contributed by atoms with Crippen LogP contribution in [0.1, 0.15) is 6.92 Å². The van der Waals surface area contributed by atoms with Crippen molar-refractivity contribution >= 4 is 17.5 Å². The average molecular weight is 270 g/mol. The van der Waals surface area contributed by atoms with E-state index in [4.69, 9.17) is 0 Å². The smallest absolute Gasteiger partial charge is 0.219 e. The molecule has 0 saturated carbocycles. The second-order valence-electron chi connectivity index (χ2n) is 4.37. The summed E-state index contributed by atoms with van der Waals surface area (Å²) in [4.78, 5) is 18.6. The van der Waals surface area contributed by atoms with E-state index in [1.165, 1.54) is 14.0 Å². The van der Waals surface area contributed by atoms with Gasteiger partial charge in [0.15, 0.2) is 23.3 Å². The van der Waals surface area contributed by atoms with E-state index >= 15 is 0 Å². The van der Waals surface area contributed by atoms with Crippen molar-refractivity contribution in [3.05, 3.63) is 17.7 Å². The van der Waals surface area contributed by atoms with Crippen LogP contribution in [-0.2, 0) is 4.79 Å². The first-order valence-corrected chi connectivity index (χ1v) is 6.07. The monoisotopic (exact) mass is 270 g/mol. The van der Waals surface area contributed by atoms with Gasteiger partial charge in [0.25, 0.3) is 0 Å². The first-order valence-electron chi connectivity index (χ1n) is 6.07. The molecule has 0 radical (unpaired) electrons. The Morgan fingerprint density at radius 1 is 1.26 bits per heavy atom. The fraction of sp³-hybridized carbons (Fsp3) is 0.500. The quantitative estimate of drug-likeness (QED) is 0.873. The Labute approximate surface area is 110 Å². The van der Waals surface area contributed by atoms with Gasteiger partial charge in [0.2, 0.25) is 5.91 Å². The predicted molar refractivity (Wildman–Crippen MR) is 68.2 cm³/mol. The van der Waals surface area contributed by atoms with Crippen molar-refractivity contribution in [1.82, 2.24) is 9.88 Å². The van der Waals surface area contributed by atoms with E-state index in [9.17, 15) is 13.6 Å². The number of pyridine rings is 1. The SMILES string of the molecule is CNc1nc(N2CCN(C(C)=O)CC2)c(F)cc1F. The zero-order valence-corrected chi connectivity index (χ0v) is 10.9. The zero-order valence-electron chi connectivity index (χ0n) is 10.9. The minimum absolute atomic E-state index is 0.00287. The van der Waals surface area contributed by atoms with Crippen LogP contribution >= 0.6 is 0 Å². The van der Waals surface area contributed by atoms with Gasteiger partial charge >= 0.3 is 0 Å². The Morgan fingerprint density at radius 2 is 1.89 bits per heavy atom. The Morgan fingerprint density at radius 3 is 2.42 bits per heavy atom. The molecule has 1 aromatic rings. The summed E-state index contributed by atoms with van der Waals surface area (Å²) in [6, 6.07) is 0.825. The maximum absolute atomic E-state index is 13.8. The maximum atomic E-state index is 13.8. The number of hydrogen-bond donors (Lipinski definition) is 1. The van der Waals surface area contributed by atoms with Crippen molar-refractivity contribution in [1.29, 1.82) is 0 Å². The first-order chi connectivity index (χ1) is 9.02. The van der Waals surface area contributed by atoms with Crippen LogP contribution in [0.25, 0.3) is 0 Å². The average Bonchev–Trinajstić information content (AvgIpc) is 2.39. The Hall–Kier alpha value is -1.92. The predicted octanol–water partition coefficient (Wildman–Crippen LogP) is 1.07. The van der Waals surface area contributed by atoms with Crippen LogP contribution in [0.3, 0.4) is 0 Å². The van der Waals surface area contributed by atoms with Crippen molar-refractivity contribution in [2.75, 3.05) is 43.4 Å². The molecule has 1 aromatic heterocycles. The van der Waals surface area contributed by atoms with Gasteiger partial charge in [-0.2, -0.15) is 0 Å². The molecule has 104 valence electrons. The third-order valence-corrected chi connectivity index (χ3v) is 3.17. The van der Waals surface area contributed by atoms with Gasteiger partial charge in [0.1, 0.15) is 0 Å². The summed E-state index contributed by atoms with van der Waals surface area (Å²) >= 11 is 0. The minimum Gasteiger partial charge on any atom is -0.371 e.